The van der Waals surface area contributed by atoms with Crippen molar-refractivity contribution in [3.05, 3.63) is 101 Å². The second-order valence-electron chi connectivity index (χ2n) is 11.2. The molecule has 2 aliphatic heterocycles. The summed E-state index contributed by atoms with van der Waals surface area (Å²) in [4.78, 5) is 57.5. The lowest BCUT2D eigenvalue weighted by Gasteiger charge is -2.43. The quantitative estimate of drug-likeness (QED) is 0.373. The first-order chi connectivity index (χ1) is 20.7. The van der Waals surface area contributed by atoms with Crippen LogP contribution in [0.1, 0.15) is 39.9 Å². The van der Waals surface area contributed by atoms with E-state index < -0.39 is 29.5 Å². The molecule has 0 bridgehead atoms. The van der Waals surface area contributed by atoms with E-state index in [0.717, 1.165) is 22.4 Å². The van der Waals surface area contributed by atoms with E-state index in [1.807, 2.05) is 71.6 Å². The highest BCUT2D eigenvalue weighted by Crippen LogP contribution is 2.40. The van der Waals surface area contributed by atoms with E-state index in [1.165, 1.54) is 0 Å². The molecular weight excluding hydrogens is 546 g/mol. The van der Waals surface area contributed by atoms with Gasteiger partial charge in [-0.25, -0.2) is 9.59 Å². The Morgan fingerprint density at radius 1 is 0.884 bits per heavy atom. The van der Waals surface area contributed by atoms with Crippen molar-refractivity contribution in [3.63, 3.8) is 0 Å². The van der Waals surface area contributed by atoms with Crippen LogP contribution in [0, 0.1) is 13.8 Å². The smallest absolute Gasteiger partial charge is 0.328 e. The SMILES string of the molecule is Cc1cccc(C)c1C(=O)N[C@@H](CNC(=O)N1CCC2(CC1)C(=O)N(Cc1ccccc1)CN2c1ccccc1)C(=O)O. The average molecular weight is 584 g/mol. The molecule has 2 fully saturated rings. The van der Waals surface area contributed by atoms with Crippen molar-refractivity contribution < 1.29 is 24.3 Å². The number of nitrogens with one attached hydrogen (secondary N) is 2. The first kappa shape index (κ1) is 29.6. The van der Waals surface area contributed by atoms with Gasteiger partial charge in [-0.15, -0.1) is 0 Å². The number of nitrogens with zero attached hydrogens (tertiary/aromatic N) is 3. The number of hydrogen-bond donors (Lipinski definition) is 3. The molecule has 10 nitrogen and oxygen atoms in total. The Morgan fingerprint density at radius 3 is 2.09 bits per heavy atom. The molecule has 0 unspecified atom stereocenters. The summed E-state index contributed by atoms with van der Waals surface area (Å²) in [7, 11) is 0. The van der Waals surface area contributed by atoms with E-state index >= 15 is 0 Å². The first-order valence-electron chi connectivity index (χ1n) is 14.5. The van der Waals surface area contributed by atoms with Crippen LogP contribution >= 0.6 is 0 Å². The molecule has 2 aliphatic rings. The van der Waals surface area contributed by atoms with E-state index in [1.54, 1.807) is 30.9 Å². The maximum absolute atomic E-state index is 14.0. The molecule has 0 aliphatic carbocycles. The number of hydrogen-bond acceptors (Lipinski definition) is 5. The highest BCUT2D eigenvalue weighted by Gasteiger charge is 2.54. The molecule has 224 valence electrons. The van der Waals surface area contributed by atoms with Crippen LogP contribution in [0.5, 0.6) is 0 Å². The van der Waals surface area contributed by atoms with Gasteiger partial charge < -0.3 is 30.4 Å². The van der Waals surface area contributed by atoms with Gasteiger partial charge in [0.2, 0.25) is 5.91 Å². The molecule has 1 atom stereocenters. The Bertz CT molecular complexity index is 1470. The molecule has 0 aromatic heterocycles. The van der Waals surface area contributed by atoms with Gasteiger partial charge in [0, 0.05) is 30.9 Å². The summed E-state index contributed by atoms with van der Waals surface area (Å²) in [6.45, 7) is 4.91. The number of aryl methyl sites for hydroxylation is 2. The number of urea groups is 1. The van der Waals surface area contributed by atoms with Gasteiger partial charge in [0.25, 0.3) is 5.91 Å². The van der Waals surface area contributed by atoms with E-state index in [4.69, 9.17) is 0 Å². The van der Waals surface area contributed by atoms with Gasteiger partial charge in [0.1, 0.15) is 11.6 Å². The normalized spacial score (nSPS) is 16.7. The van der Waals surface area contributed by atoms with E-state index in [9.17, 15) is 24.3 Å². The minimum Gasteiger partial charge on any atom is -0.480 e. The third-order valence-electron chi connectivity index (χ3n) is 8.45. The summed E-state index contributed by atoms with van der Waals surface area (Å²) in [5.41, 5.74) is 3.12. The van der Waals surface area contributed by atoms with E-state index in [2.05, 4.69) is 15.5 Å². The highest BCUT2D eigenvalue weighted by atomic mass is 16.4. The zero-order valence-electron chi connectivity index (χ0n) is 24.5. The summed E-state index contributed by atoms with van der Waals surface area (Å²) in [5.74, 6) is -1.70. The number of piperidine rings is 1. The molecule has 1 spiro atoms. The summed E-state index contributed by atoms with van der Waals surface area (Å²) in [6.07, 6.45) is 0.871. The number of amides is 4. The summed E-state index contributed by atoms with van der Waals surface area (Å²) in [5, 5.41) is 15.0. The monoisotopic (exact) mass is 583 g/mol. The molecule has 3 N–H and O–H groups in total. The number of carbonyl (C=O) groups excluding carboxylic acids is 3. The predicted molar refractivity (Wildman–Crippen MR) is 163 cm³/mol. The number of rotatable bonds is 8. The van der Waals surface area contributed by atoms with Crippen molar-refractivity contribution >= 4 is 29.5 Å². The van der Waals surface area contributed by atoms with Gasteiger partial charge in [-0.1, -0.05) is 66.7 Å². The van der Waals surface area contributed by atoms with Crippen molar-refractivity contribution in [1.29, 1.82) is 0 Å². The van der Waals surface area contributed by atoms with Gasteiger partial charge in [-0.2, -0.15) is 0 Å². The van der Waals surface area contributed by atoms with Gasteiger partial charge >= 0.3 is 12.0 Å². The van der Waals surface area contributed by atoms with Crippen LogP contribution in [-0.4, -0.2) is 76.6 Å². The second-order valence-corrected chi connectivity index (χ2v) is 11.2. The average Bonchev–Trinajstić information content (AvgIpc) is 3.26. The van der Waals surface area contributed by atoms with Crippen molar-refractivity contribution in [3.8, 4) is 0 Å². The molecule has 2 heterocycles. The van der Waals surface area contributed by atoms with Gasteiger partial charge in [-0.05, 0) is 55.5 Å². The zero-order chi connectivity index (χ0) is 30.6. The first-order valence-corrected chi connectivity index (χ1v) is 14.5. The molecule has 3 aromatic carbocycles. The van der Waals surface area contributed by atoms with Gasteiger partial charge in [0.05, 0.1) is 13.2 Å². The standard InChI is InChI=1S/C33H37N5O5/c1-23-10-9-11-24(2)28(23)29(39)35-27(30(40)41)20-34-32(43)36-18-16-33(17-19-36)31(42)37(21-25-12-5-3-6-13-25)22-38(33)26-14-7-4-8-15-26/h3-15,27H,16-22H2,1-2H3,(H,34,43)(H,35,39)(H,40,41)/t27-/m0/s1. The van der Waals surface area contributed by atoms with Crippen molar-refractivity contribution in [1.82, 2.24) is 20.4 Å². The van der Waals surface area contributed by atoms with E-state index in [0.29, 0.717) is 44.7 Å². The molecule has 3 aromatic rings. The lowest BCUT2D eigenvalue weighted by molar-refractivity contribution is -0.139. The Hall–Kier alpha value is -4.86. The maximum Gasteiger partial charge on any atom is 0.328 e. The Kier molecular flexibility index (Phi) is 8.66. The number of benzene rings is 3. The van der Waals surface area contributed by atoms with Crippen LogP contribution in [0.2, 0.25) is 0 Å². The fourth-order valence-corrected chi connectivity index (χ4v) is 6.11. The molecule has 5 rings (SSSR count). The van der Waals surface area contributed by atoms with Crippen molar-refractivity contribution in [2.75, 3.05) is 31.2 Å². The van der Waals surface area contributed by atoms with Crippen LogP contribution in [0.4, 0.5) is 10.5 Å². The van der Waals surface area contributed by atoms with Crippen molar-refractivity contribution in [2.24, 2.45) is 0 Å². The zero-order valence-corrected chi connectivity index (χ0v) is 24.5. The Balaban J connectivity index is 1.24. The lowest BCUT2D eigenvalue weighted by Crippen LogP contribution is -2.59. The second kappa shape index (κ2) is 12.6. The Morgan fingerprint density at radius 2 is 1.49 bits per heavy atom. The number of carbonyl (C=O) groups is 4. The summed E-state index contributed by atoms with van der Waals surface area (Å²) < 4.78 is 0. The number of carboxylic acids is 1. The van der Waals surface area contributed by atoms with Crippen LogP contribution in [0.25, 0.3) is 0 Å². The molecule has 0 saturated carbocycles. The third-order valence-corrected chi connectivity index (χ3v) is 8.45. The van der Waals surface area contributed by atoms with Gasteiger partial charge in [0.15, 0.2) is 0 Å². The molecule has 4 amide bonds. The number of anilines is 1. The fraction of sp³-hybridized carbons (Fsp3) is 0.333. The molecule has 43 heavy (non-hydrogen) atoms. The number of aliphatic carboxylic acids is 1. The Labute approximate surface area is 251 Å². The molecule has 0 radical (unpaired) electrons. The van der Waals surface area contributed by atoms with Crippen LogP contribution < -0.4 is 15.5 Å². The fourth-order valence-electron chi connectivity index (χ4n) is 6.11. The minimum atomic E-state index is -1.30. The molecule has 10 heteroatoms. The maximum atomic E-state index is 14.0. The molecule has 2 saturated heterocycles. The minimum absolute atomic E-state index is 0.0421. The van der Waals surface area contributed by atoms with Crippen molar-refractivity contribution in [2.45, 2.75) is 44.8 Å². The summed E-state index contributed by atoms with van der Waals surface area (Å²) >= 11 is 0. The van der Waals surface area contributed by atoms with Crippen LogP contribution in [-0.2, 0) is 16.1 Å². The van der Waals surface area contributed by atoms with Crippen LogP contribution in [0.15, 0.2) is 78.9 Å². The lowest BCUT2D eigenvalue weighted by atomic mass is 9.85. The topological polar surface area (TPSA) is 122 Å². The number of para-hydroxylation sites is 1. The highest BCUT2D eigenvalue weighted by molar-refractivity contribution is 5.99. The largest absolute Gasteiger partial charge is 0.480 e. The van der Waals surface area contributed by atoms with E-state index in [-0.39, 0.29) is 12.5 Å². The predicted octanol–water partition coefficient (Wildman–Crippen LogP) is 3.54. The van der Waals surface area contributed by atoms with Gasteiger partial charge in [-0.3, -0.25) is 9.59 Å². The number of carboxylic acid groups (broad SMARTS) is 1. The molecular formula is C33H37N5O5. The van der Waals surface area contributed by atoms with Crippen LogP contribution in [0.3, 0.4) is 0 Å². The number of likely N-dealkylation sites (tertiary alicyclic amines) is 1. The third kappa shape index (κ3) is 6.18. The summed E-state index contributed by atoms with van der Waals surface area (Å²) in [6, 6.07) is 23.4.